The molecule has 0 saturated heterocycles. The third-order valence-electron chi connectivity index (χ3n) is 5.96. The van der Waals surface area contributed by atoms with Crippen molar-refractivity contribution in [3.05, 3.63) is 42.0 Å². The molecule has 1 aromatic heterocycles. The third-order valence-corrected chi connectivity index (χ3v) is 5.96. The predicted molar refractivity (Wildman–Crippen MR) is 115 cm³/mol. The zero-order chi connectivity index (χ0) is 20.6. The lowest BCUT2D eigenvalue weighted by Gasteiger charge is -2.29. The lowest BCUT2D eigenvalue weighted by Crippen LogP contribution is -2.36. The van der Waals surface area contributed by atoms with E-state index in [4.69, 9.17) is 9.26 Å². The van der Waals surface area contributed by atoms with Crippen LogP contribution in [0, 0.1) is 0 Å². The van der Waals surface area contributed by atoms with Gasteiger partial charge in [0.2, 0.25) is 5.89 Å². The first-order valence-electron chi connectivity index (χ1n) is 10.9. The van der Waals surface area contributed by atoms with Crippen LogP contribution in [-0.2, 0) is 6.42 Å². The van der Waals surface area contributed by atoms with Gasteiger partial charge in [-0.3, -0.25) is 0 Å². The second-order valence-corrected chi connectivity index (χ2v) is 8.55. The van der Waals surface area contributed by atoms with Gasteiger partial charge < -0.3 is 19.1 Å². The lowest BCUT2D eigenvalue weighted by molar-refractivity contribution is 0.176. The van der Waals surface area contributed by atoms with Crippen LogP contribution in [0.15, 0.2) is 34.9 Å². The van der Waals surface area contributed by atoms with Gasteiger partial charge in [-0.05, 0) is 78.8 Å². The second-order valence-electron chi connectivity index (χ2n) is 8.55. The minimum Gasteiger partial charge on any atom is -0.494 e. The summed E-state index contributed by atoms with van der Waals surface area (Å²) in [7, 11) is 6.52. The molecule has 0 N–H and O–H groups in total. The average molecular weight is 401 g/mol. The zero-order valence-corrected chi connectivity index (χ0v) is 18.4. The van der Waals surface area contributed by atoms with Crippen LogP contribution in [0.1, 0.15) is 56.7 Å². The molecule has 1 aliphatic rings. The molecule has 1 aliphatic carbocycles. The number of ether oxygens (including phenoxy) is 1. The highest BCUT2D eigenvalue weighted by atomic mass is 16.5. The van der Waals surface area contributed by atoms with Crippen molar-refractivity contribution in [3.63, 3.8) is 0 Å². The molecular weight excluding hydrogens is 364 g/mol. The van der Waals surface area contributed by atoms with Gasteiger partial charge in [-0.2, -0.15) is 4.98 Å². The lowest BCUT2D eigenvalue weighted by atomic mass is 10.1. The van der Waals surface area contributed by atoms with Crippen LogP contribution in [-0.4, -0.2) is 66.3 Å². The number of hydrogen-bond donors (Lipinski definition) is 0. The van der Waals surface area contributed by atoms with E-state index in [2.05, 4.69) is 48.0 Å². The van der Waals surface area contributed by atoms with E-state index in [1.807, 2.05) is 30.3 Å². The summed E-state index contributed by atoms with van der Waals surface area (Å²) in [4.78, 5) is 9.31. The summed E-state index contributed by atoms with van der Waals surface area (Å²) in [5.74, 6) is 3.20. The standard InChI is InChI=1S/C23H36N4O2/c1-18(15-17-28-21-8-6-5-7-9-21)27(4)16-14-20(26(2)3)12-13-22-24-23(25-29-22)19-10-11-19/h5-9,18-20H,10-17H2,1-4H3/t18-,20+/m1/s1. The minimum absolute atomic E-state index is 0.485. The molecule has 2 aromatic rings. The van der Waals surface area contributed by atoms with E-state index < -0.39 is 0 Å². The molecule has 1 aromatic carbocycles. The first kappa shape index (κ1) is 21.8. The van der Waals surface area contributed by atoms with Crippen LogP contribution in [0.4, 0.5) is 0 Å². The van der Waals surface area contributed by atoms with E-state index in [1.54, 1.807) is 0 Å². The molecule has 6 nitrogen and oxygen atoms in total. The normalized spacial score (nSPS) is 16.3. The highest BCUT2D eigenvalue weighted by Gasteiger charge is 2.28. The van der Waals surface area contributed by atoms with Gasteiger partial charge in [0.15, 0.2) is 5.82 Å². The number of aryl methyl sites for hydroxylation is 1. The van der Waals surface area contributed by atoms with Crippen LogP contribution >= 0.6 is 0 Å². The molecule has 0 aliphatic heterocycles. The van der Waals surface area contributed by atoms with Crippen LogP contribution in [0.2, 0.25) is 0 Å². The molecule has 0 radical (unpaired) electrons. The molecule has 0 bridgehead atoms. The minimum atomic E-state index is 0.485. The summed E-state index contributed by atoms with van der Waals surface area (Å²) in [6.45, 7) is 4.08. The summed E-state index contributed by atoms with van der Waals surface area (Å²) in [6.07, 6.45) is 6.45. The molecule has 160 valence electrons. The molecule has 29 heavy (non-hydrogen) atoms. The van der Waals surface area contributed by atoms with Crippen molar-refractivity contribution in [2.75, 3.05) is 34.3 Å². The quantitative estimate of drug-likeness (QED) is 0.507. The maximum atomic E-state index is 5.84. The Bertz CT molecular complexity index is 715. The number of aromatic nitrogens is 2. The van der Waals surface area contributed by atoms with Gasteiger partial charge in [-0.1, -0.05) is 23.4 Å². The molecule has 0 amide bonds. The Labute approximate surface area is 175 Å². The number of hydrogen-bond acceptors (Lipinski definition) is 6. The number of rotatable bonds is 13. The SMILES string of the molecule is C[C@H](CCOc1ccccc1)N(C)CC[C@H](CCc1nc(C2CC2)no1)N(C)C. The van der Waals surface area contributed by atoms with E-state index in [1.165, 1.54) is 12.8 Å². The Morgan fingerprint density at radius 1 is 1.10 bits per heavy atom. The highest BCUT2D eigenvalue weighted by Crippen LogP contribution is 2.38. The van der Waals surface area contributed by atoms with Gasteiger partial charge in [0.05, 0.1) is 6.61 Å². The predicted octanol–water partition coefficient (Wildman–Crippen LogP) is 3.99. The van der Waals surface area contributed by atoms with Crippen molar-refractivity contribution < 1.29 is 9.26 Å². The maximum absolute atomic E-state index is 5.84. The van der Waals surface area contributed by atoms with Gasteiger partial charge in [0.1, 0.15) is 5.75 Å². The van der Waals surface area contributed by atoms with E-state index in [0.717, 1.165) is 56.3 Å². The fraction of sp³-hybridized carbons (Fsp3) is 0.652. The first-order valence-corrected chi connectivity index (χ1v) is 10.9. The van der Waals surface area contributed by atoms with E-state index in [0.29, 0.717) is 18.0 Å². The largest absolute Gasteiger partial charge is 0.494 e. The first-order chi connectivity index (χ1) is 14.0. The fourth-order valence-corrected chi connectivity index (χ4v) is 3.49. The van der Waals surface area contributed by atoms with E-state index in [9.17, 15) is 0 Å². The molecule has 1 saturated carbocycles. The monoisotopic (exact) mass is 400 g/mol. The van der Waals surface area contributed by atoms with Crippen molar-refractivity contribution >= 4 is 0 Å². The highest BCUT2D eigenvalue weighted by molar-refractivity contribution is 5.20. The molecule has 6 heteroatoms. The Kier molecular flexibility index (Phi) is 8.07. The molecule has 2 atom stereocenters. The van der Waals surface area contributed by atoms with Gasteiger partial charge in [-0.15, -0.1) is 0 Å². The Morgan fingerprint density at radius 3 is 2.55 bits per heavy atom. The summed E-state index contributed by atoms with van der Waals surface area (Å²) >= 11 is 0. The Hall–Kier alpha value is -1.92. The molecule has 1 heterocycles. The summed E-state index contributed by atoms with van der Waals surface area (Å²) in [5.41, 5.74) is 0. The number of para-hydroxylation sites is 1. The van der Waals surface area contributed by atoms with Gasteiger partial charge in [-0.25, -0.2) is 0 Å². The topological polar surface area (TPSA) is 54.6 Å². The summed E-state index contributed by atoms with van der Waals surface area (Å²) in [5, 5.41) is 4.13. The smallest absolute Gasteiger partial charge is 0.226 e. The Balaban J connectivity index is 1.36. The van der Waals surface area contributed by atoms with Crippen LogP contribution in [0.25, 0.3) is 0 Å². The van der Waals surface area contributed by atoms with E-state index in [-0.39, 0.29) is 0 Å². The molecule has 0 unspecified atom stereocenters. The number of benzene rings is 1. The van der Waals surface area contributed by atoms with Gasteiger partial charge in [0.25, 0.3) is 0 Å². The second kappa shape index (κ2) is 10.7. The third kappa shape index (κ3) is 7.12. The van der Waals surface area contributed by atoms with Crippen molar-refractivity contribution in [2.24, 2.45) is 0 Å². The van der Waals surface area contributed by atoms with Crippen molar-refractivity contribution in [1.82, 2.24) is 19.9 Å². The molecule has 3 rings (SSSR count). The number of nitrogens with zero attached hydrogens (tertiary/aromatic N) is 4. The Morgan fingerprint density at radius 2 is 1.86 bits per heavy atom. The summed E-state index contributed by atoms with van der Waals surface area (Å²) < 4.78 is 11.3. The van der Waals surface area contributed by atoms with Gasteiger partial charge >= 0.3 is 0 Å². The van der Waals surface area contributed by atoms with Crippen molar-refractivity contribution in [1.29, 1.82) is 0 Å². The van der Waals surface area contributed by atoms with Crippen LogP contribution in [0.3, 0.4) is 0 Å². The van der Waals surface area contributed by atoms with Gasteiger partial charge in [0, 0.05) is 24.4 Å². The fourth-order valence-electron chi connectivity index (χ4n) is 3.49. The average Bonchev–Trinajstić information content (AvgIpc) is 3.46. The van der Waals surface area contributed by atoms with Crippen LogP contribution < -0.4 is 4.74 Å². The van der Waals surface area contributed by atoms with Crippen molar-refractivity contribution in [3.8, 4) is 5.75 Å². The zero-order valence-electron chi connectivity index (χ0n) is 18.4. The molecular formula is C23H36N4O2. The van der Waals surface area contributed by atoms with Crippen molar-refractivity contribution in [2.45, 2.75) is 63.5 Å². The molecule has 0 spiro atoms. The molecule has 1 fully saturated rings. The van der Waals surface area contributed by atoms with E-state index >= 15 is 0 Å². The summed E-state index contributed by atoms with van der Waals surface area (Å²) in [6, 6.07) is 11.0. The maximum Gasteiger partial charge on any atom is 0.226 e. The van der Waals surface area contributed by atoms with Crippen LogP contribution in [0.5, 0.6) is 5.75 Å².